The molecule has 3 heterocycles. The van der Waals surface area contributed by atoms with Gasteiger partial charge in [-0.3, -0.25) is 4.79 Å². The average molecular weight is 303 g/mol. The summed E-state index contributed by atoms with van der Waals surface area (Å²) in [5.74, 6) is 0.616. The van der Waals surface area contributed by atoms with Crippen molar-refractivity contribution >= 4 is 22.4 Å². The lowest BCUT2D eigenvalue weighted by molar-refractivity contribution is 0.450. The fourth-order valence-corrected chi connectivity index (χ4v) is 3.27. The van der Waals surface area contributed by atoms with Gasteiger partial charge in [-0.25, -0.2) is 0 Å². The van der Waals surface area contributed by atoms with Crippen molar-refractivity contribution in [1.29, 1.82) is 0 Å². The summed E-state index contributed by atoms with van der Waals surface area (Å²) in [6.07, 6.45) is 4.05. The van der Waals surface area contributed by atoms with Crippen LogP contribution in [0.25, 0.3) is 21.7 Å². The maximum atomic E-state index is 12.2. The molecule has 0 aromatic carbocycles. The Labute approximate surface area is 126 Å². The first-order valence-electron chi connectivity index (χ1n) is 7.20. The predicted octanol–water partition coefficient (Wildman–Crippen LogP) is 3.54. The second-order valence-electron chi connectivity index (χ2n) is 4.95. The molecule has 0 aliphatic carbocycles. The zero-order chi connectivity index (χ0) is 14.8. The third-order valence-corrected chi connectivity index (χ3v) is 4.55. The summed E-state index contributed by atoms with van der Waals surface area (Å²) in [6, 6.07) is 4.10. The van der Waals surface area contributed by atoms with Crippen LogP contribution in [0.3, 0.4) is 0 Å². The van der Waals surface area contributed by atoms with E-state index in [9.17, 15) is 4.79 Å². The number of aromatic nitrogens is 3. The largest absolute Gasteiger partial charge is 0.335 e. The number of hydrogen-bond donors (Lipinski definition) is 1. The Bertz CT molecular complexity index is 816. The van der Waals surface area contributed by atoms with E-state index in [2.05, 4.69) is 28.1 Å². The molecule has 0 atom stereocenters. The molecule has 6 heteroatoms. The average Bonchev–Trinajstić information content (AvgIpc) is 3.11. The zero-order valence-corrected chi connectivity index (χ0v) is 12.9. The van der Waals surface area contributed by atoms with Gasteiger partial charge in [-0.2, -0.15) is 4.98 Å². The number of aromatic amines is 1. The van der Waals surface area contributed by atoms with Gasteiger partial charge in [0.05, 0.1) is 4.88 Å². The summed E-state index contributed by atoms with van der Waals surface area (Å²) < 4.78 is 5.24. The summed E-state index contributed by atoms with van der Waals surface area (Å²) >= 11 is 1.66. The normalized spacial score (nSPS) is 11.3. The van der Waals surface area contributed by atoms with Crippen molar-refractivity contribution in [2.24, 2.45) is 0 Å². The molecule has 3 rings (SSSR count). The number of nitrogens with zero attached hydrogens (tertiary/aromatic N) is 2. The Morgan fingerprint density at radius 3 is 2.95 bits per heavy atom. The fourth-order valence-electron chi connectivity index (χ4n) is 2.23. The zero-order valence-electron chi connectivity index (χ0n) is 12.1. The van der Waals surface area contributed by atoms with Crippen LogP contribution in [0.5, 0.6) is 0 Å². The SMILES string of the molecule is CCCCc1ccc(-c2noc3nc(CC)[nH]c(=O)c23)s1. The molecule has 21 heavy (non-hydrogen) atoms. The monoisotopic (exact) mass is 303 g/mol. The summed E-state index contributed by atoms with van der Waals surface area (Å²) in [7, 11) is 0. The molecule has 0 fully saturated rings. The first kappa shape index (κ1) is 14.0. The molecule has 0 saturated carbocycles. The van der Waals surface area contributed by atoms with Crippen LogP contribution in [-0.4, -0.2) is 15.1 Å². The van der Waals surface area contributed by atoms with Gasteiger partial charge in [-0.05, 0) is 25.0 Å². The van der Waals surface area contributed by atoms with Crippen molar-refractivity contribution < 1.29 is 4.52 Å². The third-order valence-electron chi connectivity index (χ3n) is 3.40. The van der Waals surface area contributed by atoms with E-state index < -0.39 is 0 Å². The van der Waals surface area contributed by atoms with E-state index in [0.717, 1.165) is 11.3 Å². The molecule has 0 unspecified atom stereocenters. The highest BCUT2D eigenvalue weighted by Crippen LogP contribution is 2.31. The Kier molecular flexibility index (Phi) is 3.88. The van der Waals surface area contributed by atoms with E-state index in [1.54, 1.807) is 11.3 Å². The summed E-state index contributed by atoms with van der Waals surface area (Å²) in [5, 5.41) is 4.49. The summed E-state index contributed by atoms with van der Waals surface area (Å²) in [5.41, 5.74) is 0.722. The lowest BCUT2D eigenvalue weighted by atomic mass is 10.2. The molecule has 110 valence electrons. The Balaban J connectivity index is 2.04. The lowest BCUT2D eigenvalue weighted by Gasteiger charge is -1.95. The predicted molar refractivity (Wildman–Crippen MR) is 83.7 cm³/mol. The summed E-state index contributed by atoms with van der Waals surface area (Å²) in [4.78, 5) is 21.5. The van der Waals surface area contributed by atoms with Gasteiger partial charge < -0.3 is 9.51 Å². The number of rotatable bonds is 5. The minimum atomic E-state index is -0.184. The van der Waals surface area contributed by atoms with E-state index in [-0.39, 0.29) is 5.56 Å². The quantitative estimate of drug-likeness (QED) is 0.782. The second-order valence-corrected chi connectivity index (χ2v) is 6.12. The van der Waals surface area contributed by atoms with Gasteiger partial charge in [-0.1, -0.05) is 25.4 Å². The fraction of sp³-hybridized carbons (Fsp3) is 0.400. The Morgan fingerprint density at radius 2 is 2.19 bits per heavy atom. The van der Waals surface area contributed by atoms with Crippen LogP contribution in [0, 0.1) is 0 Å². The van der Waals surface area contributed by atoms with E-state index in [1.807, 2.05) is 13.0 Å². The van der Waals surface area contributed by atoms with Crippen LogP contribution in [-0.2, 0) is 12.8 Å². The smallest absolute Gasteiger partial charge is 0.265 e. The molecule has 0 amide bonds. The van der Waals surface area contributed by atoms with Crippen molar-refractivity contribution in [3.8, 4) is 10.6 Å². The van der Waals surface area contributed by atoms with Crippen LogP contribution in [0.15, 0.2) is 21.5 Å². The van der Waals surface area contributed by atoms with Crippen LogP contribution < -0.4 is 5.56 Å². The van der Waals surface area contributed by atoms with Gasteiger partial charge in [0, 0.05) is 11.3 Å². The van der Waals surface area contributed by atoms with E-state index in [4.69, 9.17) is 4.52 Å². The molecule has 0 aliphatic heterocycles. The van der Waals surface area contributed by atoms with Crippen LogP contribution in [0.4, 0.5) is 0 Å². The molecular formula is C15H17N3O2S. The molecule has 0 bridgehead atoms. The molecule has 0 saturated heterocycles. The molecule has 0 aliphatic rings. The van der Waals surface area contributed by atoms with Gasteiger partial charge >= 0.3 is 0 Å². The maximum absolute atomic E-state index is 12.2. The number of hydrogen-bond acceptors (Lipinski definition) is 5. The van der Waals surface area contributed by atoms with Crippen LogP contribution in [0.1, 0.15) is 37.4 Å². The third kappa shape index (κ3) is 2.63. The maximum Gasteiger partial charge on any atom is 0.265 e. The van der Waals surface area contributed by atoms with Gasteiger partial charge in [-0.15, -0.1) is 11.3 Å². The number of H-pyrrole nitrogens is 1. The number of aryl methyl sites for hydroxylation is 2. The Hall–Kier alpha value is -1.95. The summed E-state index contributed by atoms with van der Waals surface area (Å²) in [6.45, 7) is 4.11. The standard InChI is InChI=1S/C15H17N3O2S/c1-3-5-6-9-7-8-10(21-9)13-12-14(19)16-11(4-2)17-15(12)20-18-13/h7-8H,3-6H2,1-2H3,(H,16,17,19). The van der Waals surface area contributed by atoms with Crippen molar-refractivity contribution in [2.75, 3.05) is 0 Å². The van der Waals surface area contributed by atoms with Crippen molar-refractivity contribution in [1.82, 2.24) is 15.1 Å². The second kappa shape index (κ2) is 5.81. The minimum Gasteiger partial charge on any atom is -0.335 e. The van der Waals surface area contributed by atoms with Crippen molar-refractivity contribution in [3.63, 3.8) is 0 Å². The number of unbranched alkanes of at least 4 members (excludes halogenated alkanes) is 1. The van der Waals surface area contributed by atoms with Gasteiger partial charge in [0.2, 0.25) is 0 Å². The molecule has 5 nitrogen and oxygen atoms in total. The van der Waals surface area contributed by atoms with Gasteiger partial charge in [0.1, 0.15) is 16.9 Å². The van der Waals surface area contributed by atoms with E-state index in [0.29, 0.717) is 29.0 Å². The molecular weight excluding hydrogens is 286 g/mol. The van der Waals surface area contributed by atoms with Crippen molar-refractivity contribution in [2.45, 2.75) is 39.5 Å². The highest BCUT2D eigenvalue weighted by atomic mass is 32.1. The van der Waals surface area contributed by atoms with Crippen LogP contribution >= 0.6 is 11.3 Å². The number of fused-ring (bicyclic) bond motifs is 1. The first-order chi connectivity index (χ1) is 10.2. The van der Waals surface area contributed by atoms with Crippen LogP contribution in [0.2, 0.25) is 0 Å². The topological polar surface area (TPSA) is 71.8 Å². The first-order valence-corrected chi connectivity index (χ1v) is 8.02. The Morgan fingerprint density at radius 1 is 1.33 bits per heavy atom. The lowest BCUT2D eigenvalue weighted by Crippen LogP contribution is -2.10. The number of nitrogens with one attached hydrogen (secondary N) is 1. The molecule has 0 spiro atoms. The van der Waals surface area contributed by atoms with Crippen molar-refractivity contribution in [3.05, 3.63) is 33.2 Å². The molecule has 0 radical (unpaired) electrons. The molecule has 1 N–H and O–H groups in total. The van der Waals surface area contributed by atoms with Gasteiger partial charge in [0.15, 0.2) is 0 Å². The number of thiophene rings is 1. The molecule has 3 aromatic rings. The highest BCUT2D eigenvalue weighted by molar-refractivity contribution is 7.15. The van der Waals surface area contributed by atoms with E-state index >= 15 is 0 Å². The van der Waals surface area contributed by atoms with Gasteiger partial charge in [0.25, 0.3) is 11.3 Å². The minimum absolute atomic E-state index is 0.184. The highest BCUT2D eigenvalue weighted by Gasteiger charge is 2.17. The van der Waals surface area contributed by atoms with E-state index in [1.165, 1.54) is 17.7 Å². The molecule has 3 aromatic heterocycles.